The third-order valence-corrected chi connectivity index (χ3v) is 3.47. The lowest BCUT2D eigenvalue weighted by molar-refractivity contribution is 0.886. The molecule has 10 heavy (non-hydrogen) atoms. The lowest BCUT2D eigenvalue weighted by atomic mass is 10.4. The van der Waals surface area contributed by atoms with Crippen LogP contribution >= 0.6 is 11.8 Å². The Bertz CT molecular complexity index is 121. The van der Waals surface area contributed by atoms with Crippen LogP contribution in [-0.2, 0) is 0 Å². The third kappa shape index (κ3) is 2.37. The van der Waals surface area contributed by atoms with Crippen LogP contribution in [0, 0.1) is 0 Å². The zero-order valence-electron chi connectivity index (χ0n) is 6.89. The monoisotopic (exact) mass is 156 g/mol. The summed E-state index contributed by atoms with van der Waals surface area (Å²) in [6.07, 6.45) is 8.00. The molecule has 1 heteroatoms. The number of hydrogen-bond acceptors (Lipinski definition) is 1. The summed E-state index contributed by atoms with van der Waals surface area (Å²) in [6, 6.07) is 0. The fourth-order valence-electron chi connectivity index (χ4n) is 1.34. The van der Waals surface area contributed by atoms with Crippen LogP contribution in [0.15, 0.2) is 11.0 Å². The number of rotatable bonds is 2. The summed E-state index contributed by atoms with van der Waals surface area (Å²) in [7, 11) is 0. The molecule has 0 spiro atoms. The van der Waals surface area contributed by atoms with E-state index in [4.69, 9.17) is 0 Å². The molecule has 58 valence electrons. The molecule has 1 saturated carbocycles. The largest absolute Gasteiger partial charge is 0.128 e. The lowest BCUT2D eigenvalue weighted by Crippen LogP contribution is -1.92. The van der Waals surface area contributed by atoms with Crippen LogP contribution in [0.5, 0.6) is 0 Å². The summed E-state index contributed by atoms with van der Waals surface area (Å²) in [5, 5.41) is 0.941. The van der Waals surface area contributed by atoms with Crippen molar-refractivity contribution in [3.8, 4) is 0 Å². The van der Waals surface area contributed by atoms with Gasteiger partial charge in [-0.05, 0) is 31.6 Å². The summed E-state index contributed by atoms with van der Waals surface area (Å²) in [4.78, 5) is 1.49. The molecule has 1 fully saturated rings. The SMILES string of the molecule is C/C=C(\C)SC1CCCC1. The molecule has 0 heterocycles. The summed E-state index contributed by atoms with van der Waals surface area (Å²) in [6.45, 7) is 4.33. The highest BCUT2D eigenvalue weighted by molar-refractivity contribution is 8.03. The first kappa shape index (κ1) is 8.19. The van der Waals surface area contributed by atoms with Crippen LogP contribution in [0.4, 0.5) is 0 Å². The van der Waals surface area contributed by atoms with Crippen molar-refractivity contribution in [1.82, 2.24) is 0 Å². The van der Waals surface area contributed by atoms with Gasteiger partial charge in [0.05, 0.1) is 0 Å². The average molecular weight is 156 g/mol. The highest BCUT2D eigenvalue weighted by atomic mass is 32.2. The molecule has 1 aliphatic carbocycles. The fourth-order valence-corrected chi connectivity index (χ4v) is 2.57. The maximum atomic E-state index is 2.21. The zero-order valence-corrected chi connectivity index (χ0v) is 7.71. The molecular weight excluding hydrogens is 140 g/mol. The van der Waals surface area contributed by atoms with Gasteiger partial charge in [-0.25, -0.2) is 0 Å². The molecule has 0 bridgehead atoms. The number of allylic oxidation sites excluding steroid dienone is 2. The molecule has 0 saturated heterocycles. The topological polar surface area (TPSA) is 0 Å². The Morgan fingerprint density at radius 3 is 2.50 bits per heavy atom. The minimum absolute atomic E-state index is 0.941. The molecule has 0 N–H and O–H groups in total. The molecule has 0 atom stereocenters. The Balaban J connectivity index is 2.24. The molecule has 0 unspecified atom stereocenters. The van der Waals surface area contributed by atoms with Crippen LogP contribution in [0.1, 0.15) is 39.5 Å². The van der Waals surface area contributed by atoms with E-state index < -0.39 is 0 Å². The standard InChI is InChI=1S/C9H16S/c1-3-8(2)10-9-6-4-5-7-9/h3,9H,4-7H2,1-2H3/b8-3+. The van der Waals surface area contributed by atoms with Gasteiger partial charge >= 0.3 is 0 Å². The third-order valence-electron chi connectivity index (χ3n) is 2.06. The zero-order chi connectivity index (χ0) is 7.40. The fraction of sp³-hybridized carbons (Fsp3) is 0.778. The van der Waals surface area contributed by atoms with Crippen molar-refractivity contribution < 1.29 is 0 Å². The minimum atomic E-state index is 0.941. The van der Waals surface area contributed by atoms with Crippen LogP contribution in [-0.4, -0.2) is 5.25 Å². The van der Waals surface area contributed by atoms with E-state index in [1.165, 1.54) is 30.6 Å². The van der Waals surface area contributed by atoms with Crippen LogP contribution in [0.25, 0.3) is 0 Å². The quantitative estimate of drug-likeness (QED) is 0.589. The summed E-state index contributed by atoms with van der Waals surface area (Å²) < 4.78 is 0. The number of hydrogen-bond donors (Lipinski definition) is 0. The van der Waals surface area contributed by atoms with Crippen LogP contribution in [0.3, 0.4) is 0 Å². The van der Waals surface area contributed by atoms with Gasteiger partial charge in [-0.2, -0.15) is 0 Å². The summed E-state index contributed by atoms with van der Waals surface area (Å²) >= 11 is 2.07. The van der Waals surface area contributed by atoms with E-state index in [1.54, 1.807) is 0 Å². The second kappa shape index (κ2) is 4.07. The molecule has 0 radical (unpaired) electrons. The smallest absolute Gasteiger partial charge is 0.00909 e. The Kier molecular flexibility index (Phi) is 3.33. The molecule has 0 amide bonds. The molecule has 0 aromatic carbocycles. The van der Waals surface area contributed by atoms with Gasteiger partial charge < -0.3 is 0 Å². The number of thioether (sulfide) groups is 1. The van der Waals surface area contributed by atoms with E-state index in [2.05, 4.69) is 31.7 Å². The normalized spacial score (nSPS) is 22.0. The van der Waals surface area contributed by atoms with E-state index >= 15 is 0 Å². The van der Waals surface area contributed by atoms with Gasteiger partial charge in [0.15, 0.2) is 0 Å². The van der Waals surface area contributed by atoms with Crippen molar-refractivity contribution >= 4 is 11.8 Å². The van der Waals surface area contributed by atoms with Gasteiger partial charge in [0.2, 0.25) is 0 Å². The molecule has 0 aliphatic heterocycles. The predicted octanol–water partition coefficient (Wildman–Crippen LogP) is 3.59. The van der Waals surface area contributed by atoms with Gasteiger partial charge in [-0.3, -0.25) is 0 Å². The molecule has 0 aromatic heterocycles. The van der Waals surface area contributed by atoms with Gasteiger partial charge in [0.25, 0.3) is 0 Å². The Morgan fingerprint density at radius 1 is 1.40 bits per heavy atom. The Labute approximate surface area is 68.1 Å². The van der Waals surface area contributed by atoms with E-state index in [0.717, 1.165) is 5.25 Å². The van der Waals surface area contributed by atoms with E-state index in [0.29, 0.717) is 0 Å². The van der Waals surface area contributed by atoms with Crippen molar-refractivity contribution in [2.75, 3.05) is 0 Å². The van der Waals surface area contributed by atoms with E-state index in [1.807, 2.05) is 0 Å². The highest BCUT2D eigenvalue weighted by Gasteiger charge is 2.14. The van der Waals surface area contributed by atoms with Crippen molar-refractivity contribution in [2.45, 2.75) is 44.8 Å². The molecule has 0 aromatic rings. The average Bonchev–Trinajstić information content (AvgIpc) is 2.40. The maximum Gasteiger partial charge on any atom is 0.00909 e. The van der Waals surface area contributed by atoms with Gasteiger partial charge in [-0.15, -0.1) is 11.8 Å². The van der Waals surface area contributed by atoms with E-state index in [9.17, 15) is 0 Å². The first-order chi connectivity index (χ1) is 4.83. The highest BCUT2D eigenvalue weighted by Crippen LogP contribution is 2.33. The van der Waals surface area contributed by atoms with Gasteiger partial charge in [-0.1, -0.05) is 18.9 Å². The maximum absolute atomic E-state index is 2.21. The summed E-state index contributed by atoms with van der Waals surface area (Å²) in [5.74, 6) is 0. The Hall–Kier alpha value is 0.0900. The lowest BCUT2D eigenvalue weighted by Gasteiger charge is -2.07. The second-order valence-corrected chi connectivity index (χ2v) is 4.47. The van der Waals surface area contributed by atoms with E-state index in [-0.39, 0.29) is 0 Å². The van der Waals surface area contributed by atoms with Gasteiger partial charge in [0.1, 0.15) is 0 Å². The van der Waals surface area contributed by atoms with Crippen LogP contribution < -0.4 is 0 Å². The molecule has 0 nitrogen and oxygen atoms in total. The first-order valence-corrected chi connectivity index (χ1v) is 5.00. The predicted molar refractivity (Wildman–Crippen MR) is 49.3 cm³/mol. The van der Waals surface area contributed by atoms with Crippen molar-refractivity contribution in [3.63, 3.8) is 0 Å². The Morgan fingerprint density at radius 2 is 2.00 bits per heavy atom. The minimum Gasteiger partial charge on any atom is -0.128 e. The molecular formula is C9H16S. The first-order valence-electron chi connectivity index (χ1n) is 4.12. The van der Waals surface area contributed by atoms with Crippen molar-refractivity contribution in [1.29, 1.82) is 0 Å². The van der Waals surface area contributed by atoms with Crippen LogP contribution in [0.2, 0.25) is 0 Å². The van der Waals surface area contributed by atoms with Gasteiger partial charge in [0, 0.05) is 5.25 Å². The summed E-state index contributed by atoms with van der Waals surface area (Å²) in [5.41, 5.74) is 0. The molecule has 1 aliphatic rings. The second-order valence-electron chi connectivity index (χ2n) is 2.92. The molecule has 1 rings (SSSR count). The van der Waals surface area contributed by atoms with Crippen molar-refractivity contribution in [2.24, 2.45) is 0 Å². The van der Waals surface area contributed by atoms with Crippen molar-refractivity contribution in [3.05, 3.63) is 11.0 Å².